The maximum Gasteiger partial charge on any atom is 0.325 e. The normalized spacial score (nSPS) is 23.9. The first-order chi connectivity index (χ1) is 7.63. The number of rotatable bonds is 2. The summed E-state index contributed by atoms with van der Waals surface area (Å²) in [4.78, 5) is 12.3. The molecular formula is C12H15NO2S. The third kappa shape index (κ3) is 1.95. The summed E-state index contributed by atoms with van der Waals surface area (Å²) in [7, 11) is 0. The fourth-order valence-corrected chi connectivity index (χ4v) is 2.56. The lowest BCUT2D eigenvalue weighted by Crippen LogP contribution is -2.36. The Morgan fingerprint density at radius 2 is 2.25 bits per heavy atom. The second-order valence-corrected chi connectivity index (χ2v) is 4.96. The summed E-state index contributed by atoms with van der Waals surface area (Å²) in [6.07, 6.45) is 2.00. The summed E-state index contributed by atoms with van der Waals surface area (Å²) in [5.41, 5.74) is 2.07. The number of carboxylic acids is 1. The summed E-state index contributed by atoms with van der Waals surface area (Å²) in [5, 5.41) is 12.2. The third-order valence-corrected chi connectivity index (χ3v) is 3.74. The largest absolute Gasteiger partial charge is 0.480 e. The molecule has 1 aromatic rings. The van der Waals surface area contributed by atoms with Gasteiger partial charge in [0.05, 0.1) is 0 Å². The van der Waals surface area contributed by atoms with Crippen LogP contribution < -0.4 is 5.32 Å². The van der Waals surface area contributed by atoms with E-state index in [-0.39, 0.29) is 0 Å². The predicted octanol–water partition coefficient (Wildman–Crippen LogP) is 2.24. The molecule has 0 saturated heterocycles. The van der Waals surface area contributed by atoms with Crippen molar-refractivity contribution in [2.75, 3.05) is 12.8 Å². The Labute approximate surface area is 99.2 Å². The van der Waals surface area contributed by atoms with Gasteiger partial charge in [-0.25, -0.2) is 0 Å². The monoisotopic (exact) mass is 237 g/mol. The van der Waals surface area contributed by atoms with Gasteiger partial charge in [-0.3, -0.25) is 4.79 Å². The fraction of sp³-hybridized carbons (Fsp3) is 0.417. The molecule has 0 saturated carbocycles. The average molecular weight is 237 g/mol. The molecule has 1 aliphatic heterocycles. The van der Waals surface area contributed by atoms with Gasteiger partial charge in [0, 0.05) is 11.4 Å². The van der Waals surface area contributed by atoms with Crippen LogP contribution in [-0.4, -0.2) is 23.9 Å². The van der Waals surface area contributed by atoms with Gasteiger partial charge in [-0.05, 0) is 35.4 Å². The Morgan fingerprint density at radius 1 is 1.50 bits per heavy atom. The number of carbonyl (C=O) groups is 1. The van der Waals surface area contributed by atoms with Gasteiger partial charge in [0.15, 0.2) is 0 Å². The van der Waals surface area contributed by atoms with Crippen molar-refractivity contribution in [3.63, 3.8) is 0 Å². The minimum absolute atomic E-state index is 0.376. The van der Waals surface area contributed by atoms with Gasteiger partial charge in [-0.2, -0.15) is 0 Å². The van der Waals surface area contributed by atoms with Crippen LogP contribution >= 0.6 is 11.8 Å². The fourth-order valence-electron chi connectivity index (χ4n) is 2.11. The zero-order valence-electron chi connectivity index (χ0n) is 9.36. The van der Waals surface area contributed by atoms with Gasteiger partial charge in [0.1, 0.15) is 6.04 Å². The molecule has 0 aliphatic carbocycles. The van der Waals surface area contributed by atoms with Crippen LogP contribution in [0.3, 0.4) is 0 Å². The van der Waals surface area contributed by atoms with Crippen molar-refractivity contribution >= 4 is 17.7 Å². The first-order valence-corrected chi connectivity index (χ1v) is 6.50. The van der Waals surface area contributed by atoms with Crippen molar-refractivity contribution in [3.8, 4) is 0 Å². The molecule has 3 nitrogen and oxygen atoms in total. The number of thioether (sulfide) groups is 1. The molecule has 1 aromatic carbocycles. The molecule has 2 N–H and O–H groups in total. The van der Waals surface area contributed by atoms with E-state index < -0.39 is 12.0 Å². The van der Waals surface area contributed by atoms with E-state index in [2.05, 4.69) is 24.4 Å². The molecule has 0 amide bonds. The Balaban J connectivity index is 2.49. The molecule has 2 unspecified atom stereocenters. The van der Waals surface area contributed by atoms with Gasteiger partial charge >= 0.3 is 5.97 Å². The quantitative estimate of drug-likeness (QED) is 0.774. The SMILES string of the molecule is CSc1ccc2c(c1)C(C(=O)O)NCC2C. The summed E-state index contributed by atoms with van der Waals surface area (Å²) < 4.78 is 0. The van der Waals surface area contributed by atoms with Crippen LogP contribution in [0.15, 0.2) is 23.1 Å². The molecular weight excluding hydrogens is 222 g/mol. The molecule has 0 radical (unpaired) electrons. The molecule has 0 spiro atoms. The number of hydrogen-bond acceptors (Lipinski definition) is 3. The lowest BCUT2D eigenvalue weighted by atomic mass is 9.88. The van der Waals surface area contributed by atoms with E-state index in [0.29, 0.717) is 5.92 Å². The van der Waals surface area contributed by atoms with Crippen molar-refractivity contribution in [1.82, 2.24) is 5.32 Å². The third-order valence-electron chi connectivity index (χ3n) is 3.01. The molecule has 1 heterocycles. The first-order valence-electron chi connectivity index (χ1n) is 5.27. The van der Waals surface area contributed by atoms with Crippen molar-refractivity contribution in [2.45, 2.75) is 23.8 Å². The Hall–Kier alpha value is -1.00. The summed E-state index contributed by atoms with van der Waals surface area (Å²) >= 11 is 1.64. The van der Waals surface area contributed by atoms with E-state index in [1.807, 2.05) is 12.3 Å². The van der Waals surface area contributed by atoms with E-state index in [4.69, 9.17) is 5.11 Å². The highest BCUT2D eigenvalue weighted by atomic mass is 32.2. The zero-order valence-corrected chi connectivity index (χ0v) is 10.2. The van der Waals surface area contributed by atoms with Crippen LogP contribution in [0.25, 0.3) is 0 Å². The van der Waals surface area contributed by atoms with E-state index in [1.165, 1.54) is 0 Å². The number of hydrogen-bond donors (Lipinski definition) is 2. The average Bonchev–Trinajstić information content (AvgIpc) is 2.28. The lowest BCUT2D eigenvalue weighted by Gasteiger charge is -2.28. The molecule has 4 heteroatoms. The van der Waals surface area contributed by atoms with E-state index >= 15 is 0 Å². The molecule has 2 rings (SSSR count). The Kier molecular flexibility index (Phi) is 3.21. The topological polar surface area (TPSA) is 49.3 Å². The van der Waals surface area contributed by atoms with Gasteiger partial charge in [-0.15, -0.1) is 11.8 Å². The standard InChI is InChI=1S/C12H15NO2S/c1-7-6-13-11(12(14)15)10-5-8(16-2)3-4-9(7)10/h3-5,7,11,13H,6H2,1-2H3,(H,14,15). The van der Waals surface area contributed by atoms with E-state index in [9.17, 15) is 4.79 Å². The maximum absolute atomic E-state index is 11.2. The molecule has 0 fully saturated rings. The van der Waals surface area contributed by atoms with Crippen molar-refractivity contribution < 1.29 is 9.90 Å². The smallest absolute Gasteiger partial charge is 0.325 e. The minimum Gasteiger partial charge on any atom is -0.480 e. The number of benzene rings is 1. The van der Waals surface area contributed by atoms with Crippen LogP contribution in [0.4, 0.5) is 0 Å². The molecule has 16 heavy (non-hydrogen) atoms. The van der Waals surface area contributed by atoms with Gasteiger partial charge in [0.25, 0.3) is 0 Å². The highest BCUT2D eigenvalue weighted by Crippen LogP contribution is 2.32. The molecule has 2 atom stereocenters. The molecule has 1 aliphatic rings. The van der Waals surface area contributed by atoms with Crippen molar-refractivity contribution in [3.05, 3.63) is 29.3 Å². The Morgan fingerprint density at radius 3 is 2.88 bits per heavy atom. The second-order valence-electron chi connectivity index (χ2n) is 4.08. The molecule has 0 bridgehead atoms. The van der Waals surface area contributed by atoms with Crippen LogP contribution in [0.5, 0.6) is 0 Å². The maximum atomic E-state index is 11.2. The van der Waals surface area contributed by atoms with E-state index in [1.54, 1.807) is 11.8 Å². The van der Waals surface area contributed by atoms with Gasteiger partial charge in [0.2, 0.25) is 0 Å². The number of nitrogens with one attached hydrogen (secondary N) is 1. The van der Waals surface area contributed by atoms with Crippen molar-refractivity contribution in [1.29, 1.82) is 0 Å². The first kappa shape index (κ1) is 11.5. The summed E-state index contributed by atoms with van der Waals surface area (Å²) in [6.45, 7) is 2.84. The highest BCUT2D eigenvalue weighted by Gasteiger charge is 2.29. The number of carboxylic acid groups (broad SMARTS) is 1. The van der Waals surface area contributed by atoms with E-state index in [0.717, 1.165) is 22.6 Å². The van der Waals surface area contributed by atoms with Crippen molar-refractivity contribution in [2.24, 2.45) is 0 Å². The minimum atomic E-state index is -0.800. The predicted molar refractivity (Wildman–Crippen MR) is 65.0 cm³/mol. The van der Waals surface area contributed by atoms with Gasteiger partial charge < -0.3 is 10.4 Å². The zero-order chi connectivity index (χ0) is 11.7. The molecule has 0 aromatic heterocycles. The van der Waals surface area contributed by atoms with Crippen LogP contribution in [0.1, 0.15) is 30.0 Å². The molecule has 86 valence electrons. The van der Waals surface area contributed by atoms with Crippen LogP contribution in [-0.2, 0) is 4.79 Å². The number of fused-ring (bicyclic) bond motifs is 1. The summed E-state index contributed by atoms with van der Waals surface area (Å²) in [6, 6.07) is 5.55. The lowest BCUT2D eigenvalue weighted by molar-refractivity contribution is -0.139. The van der Waals surface area contributed by atoms with Gasteiger partial charge in [-0.1, -0.05) is 13.0 Å². The Bertz CT molecular complexity index is 419. The van der Waals surface area contributed by atoms with Crippen LogP contribution in [0.2, 0.25) is 0 Å². The number of aliphatic carboxylic acids is 1. The highest BCUT2D eigenvalue weighted by molar-refractivity contribution is 7.98. The summed E-state index contributed by atoms with van der Waals surface area (Å²) in [5.74, 6) is -0.423. The van der Waals surface area contributed by atoms with Crippen LogP contribution in [0, 0.1) is 0 Å². The second kappa shape index (κ2) is 4.47.